The summed E-state index contributed by atoms with van der Waals surface area (Å²) >= 11 is 0. The minimum Gasteiger partial charge on any atom is -0.508 e. The number of phenolic OH excluding ortho intramolecular Hbond substituents is 2. The molecule has 0 spiro atoms. The van der Waals surface area contributed by atoms with Gasteiger partial charge in [-0.05, 0) is 42.8 Å². The number of pyridine rings is 1. The summed E-state index contributed by atoms with van der Waals surface area (Å²) < 4.78 is 1.92. The topological polar surface area (TPSA) is 97.2 Å². The molecule has 2 aromatic heterocycles. The van der Waals surface area contributed by atoms with E-state index in [-0.39, 0.29) is 11.5 Å². The molecular formula is C19H16N4O2. The summed E-state index contributed by atoms with van der Waals surface area (Å²) in [6.45, 7) is 1.77. The largest absolute Gasteiger partial charge is 0.508 e. The van der Waals surface area contributed by atoms with Gasteiger partial charge in [0.2, 0.25) is 0 Å². The van der Waals surface area contributed by atoms with E-state index in [9.17, 15) is 10.2 Å². The molecule has 0 saturated carbocycles. The molecular weight excluding hydrogens is 316 g/mol. The number of aryl methyl sites for hydroxylation is 1. The molecule has 2 aromatic carbocycles. The molecule has 2 heterocycles. The molecule has 0 saturated heterocycles. The Kier molecular flexibility index (Phi) is 3.32. The highest BCUT2D eigenvalue weighted by molar-refractivity contribution is 5.84. The Morgan fingerprint density at radius 1 is 1.04 bits per heavy atom. The highest BCUT2D eigenvalue weighted by Gasteiger charge is 2.18. The van der Waals surface area contributed by atoms with E-state index in [0.717, 1.165) is 11.2 Å². The lowest BCUT2D eigenvalue weighted by molar-refractivity contribution is 0.449. The third-order valence-corrected chi connectivity index (χ3v) is 4.14. The van der Waals surface area contributed by atoms with Crippen LogP contribution in [-0.4, -0.2) is 24.7 Å². The molecule has 124 valence electrons. The van der Waals surface area contributed by atoms with Gasteiger partial charge in [-0.15, -0.1) is 0 Å². The summed E-state index contributed by atoms with van der Waals surface area (Å²) in [5.74, 6) is 0.542. The number of imidazole rings is 1. The summed E-state index contributed by atoms with van der Waals surface area (Å²) in [6, 6.07) is 12.3. The lowest BCUT2D eigenvalue weighted by atomic mass is 10.1. The average Bonchev–Trinajstić information content (AvgIpc) is 2.97. The van der Waals surface area contributed by atoms with Crippen LogP contribution in [0.5, 0.6) is 11.5 Å². The van der Waals surface area contributed by atoms with Gasteiger partial charge in [0, 0.05) is 23.6 Å². The smallest absolute Gasteiger partial charge is 0.149 e. The number of nitrogens with zero attached hydrogens (tertiary/aromatic N) is 3. The molecule has 4 N–H and O–H groups in total. The molecule has 6 nitrogen and oxygen atoms in total. The van der Waals surface area contributed by atoms with Crippen molar-refractivity contribution in [2.45, 2.75) is 6.92 Å². The number of rotatable bonds is 2. The zero-order valence-electron chi connectivity index (χ0n) is 13.5. The number of hydrogen-bond acceptors (Lipinski definition) is 5. The van der Waals surface area contributed by atoms with Gasteiger partial charge in [0.1, 0.15) is 22.8 Å². The molecule has 0 bridgehead atoms. The Balaban J connectivity index is 2.08. The molecule has 4 aromatic rings. The number of nitrogens with two attached hydrogens (primary N) is 1. The van der Waals surface area contributed by atoms with Crippen molar-refractivity contribution >= 4 is 16.7 Å². The normalized spacial score (nSPS) is 11.1. The van der Waals surface area contributed by atoms with Gasteiger partial charge in [-0.2, -0.15) is 0 Å². The van der Waals surface area contributed by atoms with E-state index >= 15 is 0 Å². The summed E-state index contributed by atoms with van der Waals surface area (Å²) in [5, 5.41) is 20.2. The third kappa shape index (κ3) is 2.44. The van der Waals surface area contributed by atoms with Crippen molar-refractivity contribution in [2.24, 2.45) is 0 Å². The van der Waals surface area contributed by atoms with Crippen molar-refractivity contribution in [3.8, 4) is 28.6 Å². The summed E-state index contributed by atoms with van der Waals surface area (Å²) in [6.07, 6.45) is 3.37. The molecule has 0 aliphatic heterocycles. The first kappa shape index (κ1) is 15.0. The first-order chi connectivity index (χ1) is 12.0. The van der Waals surface area contributed by atoms with E-state index in [1.807, 2.05) is 34.9 Å². The predicted molar refractivity (Wildman–Crippen MR) is 96.8 cm³/mol. The fourth-order valence-electron chi connectivity index (χ4n) is 2.90. The van der Waals surface area contributed by atoms with Crippen molar-refractivity contribution in [1.82, 2.24) is 14.5 Å². The lowest BCUT2D eigenvalue weighted by Gasteiger charge is -2.12. The molecule has 0 aliphatic carbocycles. The standard InChI is InChI=1S/C19H16N4O2/c1-11-7-14(18(25)9-17(11)24)19-22-15-10-21-6-5-16(15)23(19)13-4-2-3-12(20)8-13/h2-10,24-25H,20H2,1H3. The van der Waals surface area contributed by atoms with Gasteiger partial charge in [0.05, 0.1) is 17.3 Å². The Hall–Kier alpha value is -3.54. The van der Waals surface area contributed by atoms with Gasteiger partial charge in [-0.3, -0.25) is 9.55 Å². The van der Waals surface area contributed by atoms with Crippen LogP contribution in [0.3, 0.4) is 0 Å². The number of aromatic nitrogens is 3. The van der Waals surface area contributed by atoms with Gasteiger partial charge >= 0.3 is 0 Å². The molecule has 0 amide bonds. The monoisotopic (exact) mass is 332 g/mol. The molecule has 25 heavy (non-hydrogen) atoms. The lowest BCUT2D eigenvalue weighted by Crippen LogP contribution is -1.99. The SMILES string of the molecule is Cc1cc(-c2nc3cnccc3n2-c2cccc(N)c2)c(O)cc1O. The fourth-order valence-corrected chi connectivity index (χ4v) is 2.90. The number of nitrogen functional groups attached to an aromatic ring is 1. The second kappa shape index (κ2) is 5.52. The van der Waals surface area contributed by atoms with Crippen LogP contribution in [-0.2, 0) is 0 Å². The number of phenols is 2. The van der Waals surface area contributed by atoms with Gasteiger partial charge in [-0.1, -0.05) is 6.07 Å². The fraction of sp³-hybridized carbons (Fsp3) is 0.0526. The summed E-state index contributed by atoms with van der Waals surface area (Å²) in [7, 11) is 0. The first-order valence-electron chi connectivity index (χ1n) is 7.76. The van der Waals surface area contributed by atoms with Crippen LogP contribution < -0.4 is 5.73 Å². The Morgan fingerprint density at radius 2 is 1.88 bits per heavy atom. The van der Waals surface area contributed by atoms with Crippen molar-refractivity contribution in [3.05, 3.63) is 60.4 Å². The summed E-state index contributed by atoms with van der Waals surface area (Å²) in [5.41, 5.74) is 10.1. The maximum atomic E-state index is 10.4. The molecule has 0 aliphatic rings. The van der Waals surface area contributed by atoms with Gasteiger partial charge in [0.25, 0.3) is 0 Å². The molecule has 6 heteroatoms. The van der Waals surface area contributed by atoms with Gasteiger partial charge < -0.3 is 15.9 Å². The van der Waals surface area contributed by atoms with Crippen LogP contribution in [0.4, 0.5) is 5.69 Å². The zero-order valence-corrected chi connectivity index (χ0v) is 13.5. The Bertz CT molecular complexity index is 1100. The van der Waals surface area contributed by atoms with Gasteiger partial charge in [0.15, 0.2) is 0 Å². The highest BCUT2D eigenvalue weighted by atomic mass is 16.3. The van der Waals surface area contributed by atoms with E-state index in [4.69, 9.17) is 5.73 Å². The maximum Gasteiger partial charge on any atom is 0.149 e. The van der Waals surface area contributed by atoms with E-state index in [1.54, 1.807) is 25.4 Å². The molecule has 0 radical (unpaired) electrons. The van der Waals surface area contributed by atoms with Crippen molar-refractivity contribution in [3.63, 3.8) is 0 Å². The summed E-state index contributed by atoms with van der Waals surface area (Å²) in [4.78, 5) is 8.76. The maximum absolute atomic E-state index is 10.4. The minimum absolute atomic E-state index is 0.0366. The number of fused-ring (bicyclic) bond motifs is 1. The minimum atomic E-state index is -0.0449. The van der Waals surface area contributed by atoms with E-state index in [2.05, 4.69) is 9.97 Å². The second-order valence-corrected chi connectivity index (χ2v) is 5.89. The molecule has 0 fully saturated rings. The highest BCUT2D eigenvalue weighted by Crippen LogP contribution is 2.37. The predicted octanol–water partition coefficient (Wildman–Crippen LogP) is 3.39. The zero-order chi connectivity index (χ0) is 17.6. The number of aromatic hydroxyl groups is 2. The molecule has 0 atom stereocenters. The first-order valence-corrected chi connectivity index (χ1v) is 7.76. The van der Waals surface area contributed by atoms with Gasteiger partial charge in [-0.25, -0.2) is 4.98 Å². The molecule has 0 unspecified atom stereocenters. The van der Waals surface area contributed by atoms with E-state index in [0.29, 0.717) is 28.2 Å². The second-order valence-electron chi connectivity index (χ2n) is 5.89. The van der Waals surface area contributed by atoms with Crippen LogP contribution in [0.25, 0.3) is 28.1 Å². The van der Waals surface area contributed by atoms with Crippen LogP contribution in [0.1, 0.15) is 5.56 Å². The van der Waals surface area contributed by atoms with Crippen molar-refractivity contribution in [1.29, 1.82) is 0 Å². The van der Waals surface area contributed by atoms with E-state index in [1.165, 1.54) is 6.07 Å². The quantitative estimate of drug-likeness (QED) is 0.489. The van der Waals surface area contributed by atoms with Crippen LogP contribution >= 0.6 is 0 Å². The number of hydrogen-bond donors (Lipinski definition) is 3. The third-order valence-electron chi connectivity index (χ3n) is 4.14. The van der Waals surface area contributed by atoms with Crippen LogP contribution in [0, 0.1) is 6.92 Å². The average molecular weight is 332 g/mol. The van der Waals surface area contributed by atoms with Crippen LogP contribution in [0.15, 0.2) is 54.9 Å². The van der Waals surface area contributed by atoms with Crippen molar-refractivity contribution < 1.29 is 10.2 Å². The Morgan fingerprint density at radius 3 is 2.68 bits per heavy atom. The Labute approximate surface area is 143 Å². The number of benzene rings is 2. The van der Waals surface area contributed by atoms with E-state index < -0.39 is 0 Å². The molecule has 4 rings (SSSR count). The van der Waals surface area contributed by atoms with Crippen molar-refractivity contribution in [2.75, 3.05) is 5.73 Å². The van der Waals surface area contributed by atoms with Crippen LogP contribution in [0.2, 0.25) is 0 Å². The number of anilines is 1.